The molecule has 4 aliphatic rings. The average molecular weight is 2110 g/mol. The van der Waals surface area contributed by atoms with Crippen molar-refractivity contribution in [2.45, 2.75) is 135 Å². The molecular weight excluding hydrogens is 2020 g/mol. The molecule has 6 atom stereocenters. The Hall–Kier alpha value is -8.77. The third kappa shape index (κ3) is 32.6. The molecule has 0 aliphatic carbocycles. The molecule has 13 N–H and O–H groups in total. The van der Waals surface area contributed by atoms with Crippen LogP contribution < -0.4 is 58.4 Å². The molecular formula is C72H90BClF3I3N17O19S4-. The molecule has 2 fully saturated rings. The summed E-state index contributed by atoms with van der Waals surface area (Å²) in [5.41, 5.74) is 22.5. The lowest BCUT2D eigenvalue weighted by Gasteiger charge is -2.50. The van der Waals surface area contributed by atoms with Crippen LogP contribution in [0.15, 0.2) is 112 Å². The number of rotatable bonds is 31. The molecule has 48 heteroatoms. The van der Waals surface area contributed by atoms with Gasteiger partial charge in [-0.05, 0) is 102 Å². The number of Topliss-reactive ketones (excluding diaryl/α,β-unsaturated/α-hetero) is 2. The number of fused-ring (bicyclic) bond motifs is 2. The fourth-order valence-electron chi connectivity index (χ4n) is 10.0. The van der Waals surface area contributed by atoms with Gasteiger partial charge >= 0.3 is 30.2 Å². The number of carboxylic acids is 3. The number of hydrogen-bond donors (Lipinski definition) is 8. The number of nitrogens with zero attached hydrogens (tertiary/aromatic N) is 10. The molecule has 2 unspecified atom stereocenters. The number of ketones is 2. The van der Waals surface area contributed by atoms with E-state index in [9.17, 15) is 61.4 Å². The first-order valence-corrected chi connectivity index (χ1v) is 43.6. The number of alkyl carbamates (subject to hydrolysis) is 1. The molecule has 120 heavy (non-hydrogen) atoms. The first kappa shape index (κ1) is 104. The number of esters is 2. The van der Waals surface area contributed by atoms with E-state index in [1.807, 2.05) is 32.9 Å². The van der Waals surface area contributed by atoms with Crippen molar-refractivity contribution in [2.75, 3.05) is 77.1 Å². The number of carboxylic acid groups (broad SMARTS) is 3. The first-order chi connectivity index (χ1) is 55.8. The Balaban J connectivity index is 0.000000378. The molecule has 3 amide bonds. The van der Waals surface area contributed by atoms with Crippen LogP contribution in [0.25, 0.3) is 0 Å². The number of aryl methyl sites for hydroxylation is 1. The standard InChI is InChI=1S/C32H36IN3O8S2.C25H28ClN9O7S2.C11H19N5O2.C2HF3O2.CH3BI2.CH3/c1-18(30(39)43-32(3,4)5)44-35-26(24-17-45-19(2)34-24)25(37)14-23-28(38)36-27(21(8-7-13-33)16-46-29(23)36)31(40)42-15-20-9-11-22(41-6)12-10-20;1-11(23(38)39)42-33-16(17-19(26)44-25(29)32-17)15(36)7-13-21(37)35-18(24(40)41)12(9-43-22(13)35)3-2-6-34-8-14(30-5-4-27)20(28)31-10-34;1-11(2,3)18-10(17)15-5-4-14-8-6-13-7-16-9(8)12;3-2(4,5)1(6)7;1-2(3)4;/h7-12,17-18,23,29H,13-16H2,1-6H3;2-3,8,10-11,13,22,28,30H,4-7,9,27H2,1H3,(H4,29,32,38,39,40,41);6-7,14H,4-5H2,1-3H3,(H,15,17)(H2,12,13,16);(H,6,7);1H3;1H3/q;;;;;-1/b8-7+,35-26-;3-2+,33-16+;;;;/t18-,23+,29?;11-,13+,22?;;;;/m00..../s1. The number of benzene rings is 1. The van der Waals surface area contributed by atoms with Gasteiger partial charge in [0.25, 0.3) is 14.6 Å². The minimum Gasteiger partial charge on any atom is -0.543 e. The van der Waals surface area contributed by atoms with Crippen LogP contribution in [0.4, 0.5) is 46.1 Å². The number of nitrogen functional groups attached to an aromatic ring is 3. The number of aliphatic carboxylic acids is 3. The number of methoxy groups -OCH3 is 1. The summed E-state index contributed by atoms with van der Waals surface area (Å²) in [6, 6.07) is 7.15. The van der Waals surface area contributed by atoms with E-state index < -0.39 is 111 Å². The van der Waals surface area contributed by atoms with E-state index in [0.29, 0.717) is 83.4 Å². The van der Waals surface area contributed by atoms with E-state index in [2.05, 4.69) is 131 Å². The monoisotopic (exact) mass is 2110 g/mol. The van der Waals surface area contributed by atoms with E-state index in [1.54, 1.807) is 93.6 Å². The van der Waals surface area contributed by atoms with Crippen molar-refractivity contribution in [1.82, 2.24) is 40.0 Å². The van der Waals surface area contributed by atoms with Gasteiger partial charge in [-0.1, -0.05) is 93.0 Å². The molecule has 4 aliphatic heterocycles. The van der Waals surface area contributed by atoms with Gasteiger partial charge in [0.2, 0.25) is 24.0 Å². The third-order valence-electron chi connectivity index (χ3n) is 15.4. The molecule has 0 spiro atoms. The number of halogens is 7. The maximum atomic E-state index is 13.6. The summed E-state index contributed by atoms with van der Waals surface area (Å²) >= 11 is 18.0. The minimum atomic E-state index is -5.19. The Morgan fingerprint density at radius 2 is 1.36 bits per heavy atom. The molecule has 5 aromatic rings. The topological polar surface area (TPSA) is 534 Å². The molecule has 8 heterocycles. The predicted octanol–water partition coefficient (Wildman–Crippen LogP) is 6.35. The highest BCUT2D eigenvalue weighted by atomic mass is 127. The van der Waals surface area contributed by atoms with Crippen molar-refractivity contribution in [2.24, 2.45) is 22.1 Å². The van der Waals surface area contributed by atoms with Gasteiger partial charge in [0.1, 0.15) is 81.5 Å². The van der Waals surface area contributed by atoms with Gasteiger partial charge in [-0.3, -0.25) is 29.0 Å². The highest BCUT2D eigenvalue weighted by Crippen LogP contribution is 2.47. The Labute approximate surface area is 751 Å². The summed E-state index contributed by atoms with van der Waals surface area (Å²) in [6.45, 7) is 19.8. The molecule has 0 radical (unpaired) electrons. The molecule has 654 valence electrons. The fourth-order valence-corrected chi connectivity index (χ4v) is 14.6. The highest BCUT2D eigenvalue weighted by Gasteiger charge is 2.55. The van der Waals surface area contributed by atoms with E-state index >= 15 is 0 Å². The van der Waals surface area contributed by atoms with Crippen molar-refractivity contribution in [3.63, 3.8) is 0 Å². The van der Waals surface area contributed by atoms with E-state index in [1.165, 1.54) is 66.3 Å². The quantitative estimate of drug-likeness (QED) is 0.00205. The number of amides is 3. The zero-order chi connectivity index (χ0) is 89.0. The number of thiazole rings is 2. The number of allylic oxidation sites excluding steroid dienone is 4. The molecule has 0 bridgehead atoms. The Kier molecular flexibility index (Phi) is 42.1. The van der Waals surface area contributed by atoms with Crippen LogP contribution in [0.5, 0.6) is 5.75 Å². The lowest BCUT2D eigenvalue weighted by Crippen LogP contribution is -2.63. The van der Waals surface area contributed by atoms with Crippen LogP contribution >= 0.6 is 125 Å². The number of carbonyl (C=O) groups excluding carboxylic acids is 9. The Morgan fingerprint density at radius 1 is 0.817 bits per heavy atom. The number of quaternary nitrogens is 1. The molecule has 0 saturated carbocycles. The van der Waals surface area contributed by atoms with Gasteiger partial charge in [0.05, 0.1) is 71.3 Å². The Morgan fingerprint density at radius 3 is 1.87 bits per heavy atom. The third-order valence-corrected chi connectivity index (χ3v) is 20.5. The predicted molar refractivity (Wildman–Crippen MR) is 469 cm³/mol. The second-order valence-electron chi connectivity index (χ2n) is 27.0. The lowest BCUT2D eigenvalue weighted by molar-refractivity contribution is -0.689. The van der Waals surface area contributed by atoms with Crippen molar-refractivity contribution >= 4 is 226 Å². The average Bonchev–Trinajstić information content (AvgIpc) is 0.798. The number of alkyl halides is 4. The van der Waals surface area contributed by atoms with Crippen molar-refractivity contribution in [1.29, 1.82) is 0 Å². The maximum absolute atomic E-state index is 13.6. The number of ether oxygens (including phenoxy) is 4. The van der Waals surface area contributed by atoms with E-state index in [-0.39, 0.29) is 76.5 Å². The zero-order valence-electron chi connectivity index (χ0n) is 66.8. The van der Waals surface area contributed by atoms with Gasteiger partial charge in [0, 0.05) is 47.2 Å². The van der Waals surface area contributed by atoms with Crippen LogP contribution in [0.2, 0.25) is 11.2 Å². The zero-order valence-corrected chi connectivity index (χ0v) is 77.3. The first-order valence-electron chi connectivity index (χ1n) is 35.4. The van der Waals surface area contributed by atoms with Crippen LogP contribution in [0.1, 0.15) is 90.2 Å². The van der Waals surface area contributed by atoms with E-state index in [0.717, 1.165) is 28.7 Å². The summed E-state index contributed by atoms with van der Waals surface area (Å²) in [6.07, 6.45) is 4.65. The number of carbonyl (C=O) groups is 10. The van der Waals surface area contributed by atoms with Gasteiger partial charge < -0.3 is 99.8 Å². The SMILES string of the molecule is CB(I)I.CC(C)(C)OC(=O)NCCNc1cncnc1N.COc1ccc(COC(=O)C2=C(/C=C/CI)CSC3[C@H](CC(=O)/C(=N\O[C@@H](C)C(=O)OC(C)(C)C)c4csc(C)n4)C(=O)N23)cc1.C[C@H](O/N=C(\C(=O)C[C@@H]1C(=O)N2C(C(=O)[O-])=C(/C=C/C[n+]3cnc(N)c(NCC[NH3+])c3)CSC12)c1nc(N)sc1Cl)C(=O)O.O=C([O-])C(F)(F)F.[CH3-]. The summed E-state index contributed by atoms with van der Waals surface area (Å²) in [5.74, 6) is -8.76. The van der Waals surface area contributed by atoms with Gasteiger partial charge in [0.15, 0.2) is 28.1 Å². The van der Waals surface area contributed by atoms with Crippen LogP contribution in [-0.2, 0) is 80.2 Å². The molecule has 36 nitrogen and oxygen atoms in total. The fraction of sp³-hybridized carbons (Fsp3) is 0.431. The van der Waals surface area contributed by atoms with Gasteiger partial charge in [-0.2, -0.15) is 13.2 Å². The Bertz CT molecular complexity index is 4650. The second kappa shape index (κ2) is 48.8. The summed E-state index contributed by atoms with van der Waals surface area (Å²) < 4.78 is 56.1. The van der Waals surface area contributed by atoms with Crippen LogP contribution in [0, 0.1) is 26.2 Å². The van der Waals surface area contributed by atoms with Gasteiger partial charge in [-0.15, -0.1) is 79.6 Å². The normalized spacial score (nSPS) is 16.8. The minimum absolute atomic E-state index is 0. The van der Waals surface area contributed by atoms with Crippen LogP contribution in [-0.4, -0.2) is 203 Å². The van der Waals surface area contributed by atoms with Gasteiger partial charge in [-0.25, -0.2) is 43.7 Å². The molecule has 4 aromatic heterocycles. The number of β-lactam (4-membered cyclic amide) rings is 2. The largest absolute Gasteiger partial charge is 0.543 e. The summed E-state index contributed by atoms with van der Waals surface area (Å²) in [5, 5.41) is 47.8. The smallest absolute Gasteiger partial charge is 0.430 e. The number of hydrogen-bond acceptors (Lipinski definition) is 34. The highest BCUT2D eigenvalue weighted by molar-refractivity contribution is 14.3. The number of nitrogens with two attached hydrogens (primary N) is 3. The number of oxime groups is 2. The number of nitrogens with one attached hydrogen (secondary N) is 3. The van der Waals surface area contributed by atoms with Crippen molar-refractivity contribution < 1.29 is 115 Å². The lowest BCUT2D eigenvalue weighted by atomic mass is 9.89. The number of thioether (sulfide) groups is 2. The summed E-state index contributed by atoms with van der Waals surface area (Å²) in [4.78, 5) is 156. The van der Waals surface area contributed by atoms with E-state index in [4.69, 9.17) is 72.4 Å². The molecule has 1 aromatic carbocycles. The second-order valence-corrected chi connectivity index (χ2v) is 38.9. The summed E-state index contributed by atoms with van der Waals surface area (Å²) in [7, 11) is 1.57. The number of anilines is 5. The molecule has 9 rings (SSSR count). The number of aromatic nitrogens is 6. The maximum Gasteiger partial charge on any atom is 0.430 e. The molecule has 2 saturated heterocycles. The van der Waals surface area contributed by atoms with Crippen LogP contribution in [0.3, 0.4) is 0 Å². The van der Waals surface area contributed by atoms with Crippen molar-refractivity contribution in [3.8, 4) is 5.75 Å². The van der Waals surface area contributed by atoms with Crippen molar-refractivity contribution in [3.05, 3.63) is 135 Å².